The molecular formula is C10H20N2O2. The average Bonchev–Trinajstić information content (AvgIpc) is 2.46. The lowest BCUT2D eigenvalue weighted by Crippen LogP contribution is -2.41. The molecule has 1 saturated heterocycles. The van der Waals surface area contributed by atoms with Crippen molar-refractivity contribution >= 4 is 5.91 Å². The Balaban J connectivity index is 2.57. The molecule has 2 N–H and O–H groups in total. The summed E-state index contributed by atoms with van der Waals surface area (Å²) in [6.07, 6.45) is 0.893. The minimum absolute atomic E-state index is 0.137. The van der Waals surface area contributed by atoms with Gasteiger partial charge in [-0.25, -0.2) is 0 Å². The molecule has 0 unspecified atom stereocenters. The van der Waals surface area contributed by atoms with Gasteiger partial charge in [-0.15, -0.1) is 0 Å². The van der Waals surface area contributed by atoms with E-state index in [-0.39, 0.29) is 18.1 Å². The first kappa shape index (κ1) is 11.5. The average molecular weight is 200 g/mol. The fourth-order valence-electron chi connectivity index (χ4n) is 2.00. The van der Waals surface area contributed by atoms with E-state index in [1.807, 2.05) is 0 Å². The minimum Gasteiger partial charge on any atom is -0.380 e. The largest absolute Gasteiger partial charge is 0.380 e. The maximum absolute atomic E-state index is 11.2. The van der Waals surface area contributed by atoms with E-state index in [4.69, 9.17) is 10.5 Å². The third kappa shape index (κ3) is 2.69. The van der Waals surface area contributed by atoms with Crippen molar-refractivity contribution in [2.45, 2.75) is 32.4 Å². The molecule has 0 aromatic heterocycles. The number of carbonyl (C=O) groups excluding carboxylic acids is 1. The summed E-state index contributed by atoms with van der Waals surface area (Å²) in [4.78, 5) is 13.3. The molecule has 1 aliphatic rings. The maximum Gasteiger partial charge on any atom is 0.234 e. The van der Waals surface area contributed by atoms with Crippen LogP contribution in [0.15, 0.2) is 0 Å². The zero-order valence-electron chi connectivity index (χ0n) is 9.19. The van der Waals surface area contributed by atoms with Crippen molar-refractivity contribution in [1.82, 2.24) is 4.90 Å². The molecule has 1 fully saturated rings. The third-order valence-electron chi connectivity index (χ3n) is 2.63. The zero-order valence-corrected chi connectivity index (χ0v) is 9.19. The van der Waals surface area contributed by atoms with Crippen molar-refractivity contribution in [2.75, 3.05) is 20.2 Å². The molecule has 2 atom stereocenters. The number of primary amides is 1. The van der Waals surface area contributed by atoms with Crippen molar-refractivity contribution in [3.63, 3.8) is 0 Å². The van der Waals surface area contributed by atoms with E-state index >= 15 is 0 Å². The van der Waals surface area contributed by atoms with Gasteiger partial charge in [0, 0.05) is 20.2 Å². The molecule has 4 nitrogen and oxygen atoms in total. The van der Waals surface area contributed by atoms with Crippen LogP contribution in [0.3, 0.4) is 0 Å². The van der Waals surface area contributed by atoms with Crippen molar-refractivity contribution in [1.29, 1.82) is 0 Å². The Labute approximate surface area is 85.4 Å². The molecule has 1 aliphatic heterocycles. The van der Waals surface area contributed by atoms with Crippen molar-refractivity contribution in [3.8, 4) is 0 Å². The van der Waals surface area contributed by atoms with Gasteiger partial charge < -0.3 is 10.5 Å². The van der Waals surface area contributed by atoms with Gasteiger partial charge in [0.1, 0.15) is 0 Å². The number of hydrogen-bond donors (Lipinski definition) is 1. The monoisotopic (exact) mass is 200 g/mol. The van der Waals surface area contributed by atoms with Crippen LogP contribution in [0, 0.1) is 5.92 Å². The van der Waals surface area contributed by atoms with E-state index in [9.17, 15) is 4.79 Å². The zero-order chi connectivity index (χ0) is 10.7. The molecule has 0 aliphatic carbocycles. The molecule has 1 amide bonds. The first-order valence-corrected chi connectivity index (χ1v) is 5.10. The molecule has 1 heterocycles. The Morgan fingerprint density at radius 2 is 2.29 bits per heavy atom. The van der Waals surface area contributed by atoms with E-state index in [0.29, 0.717) is 5.92 Å². The summed E-state index contributed by atoms with van der Waals surface area (Å²) >= 11 is 0. The molecule has 0 bridgehead atoms. The van der Waals surface area contributed by atoms with Crippen LogP contribution in [-0.4, -0.2) is 43.2 Å². The summed E-state index contributed by atoms with van der Waals surface area (Å²) in [6.45, 7) is 6.01. The first-order valence-electron chi connectivity index (χ1n) is 5.10. The summed E-state index contributed by atoms with van der Waals surface area (Å²) in [7, 11) is 1.68. The van der Waals surface area contributed by atoms with E-state index in [1.165, 1.54) is 0 Å². The summed E-state index contributed by atoms with van der Waals surface area (Å²) in [5.74, 6) is 0.317. The quantitative estimate of drug-likeness (QED) is 0.706. The lowest BCUT2D eigenvalue weighted by Gasteiger charge is -2.23. The van der Waals surface area contributed by atoms with Crippen LogP contribution in [0.5, 0.6) is 0 Å². The molecule has 4 heteroatoms. The topological polar surface area (TPSA) is 55.6 Å². The van der Waals surface area contributed by atoms with Crippen LogP contribution in [0.4, 0.5) is 0 Å². The van der Waals surface area contributed by atoms with Crippen LogP contribution in [0.25, 0.3) is 0 Å². The van der Waals surface area contributed by atoms with Gasteiger partial charge in [0.15, 0.2) is 0 Å². The number of amides is 1. The van der Waals surface area contributed by atoms with Gasteiger partial charge in [-0.05, 0) is 12.3 Å². The van der Waals surface area contributed by atoms with Crippen LogP contribution < -0.4 is 5.73 Å². The van der Waals surface area contributed by atoms with E-state index in [0.717, 1.165) is 19.5 Å². The van der Waals surface area contributed by atoms with Gasteiger partial charge in [0.25, 0.3) is 0 Å². The van der Waals surface area contributed by atoms with Gasteiger partial charge in [-0.1, -0.05) is 13.8 Å². The van der Waals surface area contributed by atoms with E-state index < -0.39 is 0 Å². The number of hydrogen-bond acceptors (Lipinski definition) is 3. The summed E-state index contributed by atoms with van der Waals surface area (Å²) in [5, 5.41) is 0. The Morgan fingerprint density at radius 1 is 1.64 bits per heavy atom. The van der Waals surface area contributed by atoms with Crippen LogP contribution >= 0.6 is 0 Å². The lowest BCUT2D eigenvalue weighted by molar-refractivity contribution is -0.122. The molecule has 1 rings (SSSR count). The minimum atomic E-state index is -0.231. The summed E-state index contributed by atoms with van der Waals surface area (Å²) < 4.78 is 5.25. The summed E-state index contributed by atoms with van der Waals surface area (Å²) in [6, 6.07) is -0.137. The number of likely N-dealkylation sites (tertiary alicyclic amines) is 1. The maximum atomic E-state index is 11.2. The van der Waals surface area contributed by atoms with Crippen LogP contribution in [0.2, 0.25) is 0 Å². The highest BCUT2D eigenvalue weighted by atomic mass is 16.5. The second-order valence-electron chi connectivity index (χ2n) is 4.36. The Kier molecular flexibility index (Phi) is 3.89. The molecule has 0 aromatic carbocycles. The predicted octanol–water partition coefficient (Wildman–Crippen LogP) is 0.217. The Bertz CT molecular complexity index is 206. The number of methoxy groups -OCH3 is 1. The number of nitrogens with zero attached hydrogens (tertiary/aromatic N) is 1. The Morgan fingerprint density at radius 3 is 2.71 bits per heavy atom. The van der Waals surface area contributed by atoms with Crippen LogP contribution in [0.1, 0.15) is 20.3 Å². The van der Waals surface area contributed by atoms with Crippen molar-refractivity contribution < 1.29 is 9.53 Å². The third-order valence-corrected chi connectivity index (χ3v) is 2.63. The molecule has 0 spiro atoms. The van der Waals surface area contributed by atoms with Gasteiger partial charge in [0.05, 0.1) is 12.1 Å². The van der Waals surface area contributed by atoms with Crippen molar-refractivity contribution in [3.05, 3.63) is 0 Å². The standard InChI is InChI=1S/C10H20N2O2/c1-7(2)5-12-6-8(14-3)4-9(12)10(11)13/h7-9H,4-6H2,1-3H3,(H2,11,13)/t8-,9-/m0/s1. The number of carbonyl (C=O) groups is 1. The lowest BCUT2D eigenvalue weighted by atomic mass is 10.1. The predicted molar refractivity (Wildman–Crippen MR) is 54.8 cm³/mol. The highest BCUT2D eigenvalue weighted by Gasteiger charge is 2.35. The molecule has 14 heavy (non-hydrogen) atoms. The second kappa shape index (κ2) is 4.75. The SMILES string of the molecule is CO[C@H]1C[C@@H](C(N)=O)N(CC(C)C)C1. The van der Waals surface area contributed by atoms with E-state index in [2.05, 4.69) is 18.7 Å². The Hall–Kier alpha value is -0.610. The highest BCUT2D eigenvalue weighted by Crippen LogP contribution is 2.20. The highest BCUT2D eigenvalue weighted by molar-refractivity contribution is 5.80. The smallest absolute Gasteiger partial charge is 0.234 e. The fraction of sp³-hybridized carbons (Fsp3) is 0.900. The van der Waals surface area contributed by atoms with Gasteiger partial charge in [0.2, 0.25) is 5.91 Å². The second-order valence-corrected chi connectivity index (χ2v) is 4.36. The van der Waals surface area contributed by atoms with Gasteiger partial charge in [-0.3, -0.25) is 9.69 Å². The number of ether oxygens (including phenoxy) is 1. The normalized spacial score (nSPS) is 28.6. The molecular weight excluding hydrogens is 180 g/mol. The van der Waals surface area contributed by atoms with Gasteiger partial charge in [-0.2, -0.15) is 0 Å². The molecule has 0 saturated carbocycles. The summed E-state index contributed by atoms with van der Waals surface area (Å²) in [5.41, 5.74) is 5.34. The molecule has 82 valence electrons. The van der Waals surface area contributed by atoms with Gasteiger partial charge >= 0.3 is 0 Å². The first-order chi connectivity index (χ1) is 6.54. The molecule has 0 radical (unpaired) electrons. The number of rotatable bonds is 4. The fourth-order valence-corrected chi connectivity index (χ4v) is 2.00. The number of nitrogens with two attached hydrogens (primary N) is 1. The van der Waals surface area contributed by atoms with E-state index in [1.54, 1.807) is 7.11 Å². The molecule has 0 aromatic rings. The van der Waals surface area contributed by atoms with Crippen LogP contribution in [-0.2, 0) is 9.53 Å². The van der Waals surface area contributed by atoms with Crippen molar-refractivity contribution in [2.24, 2.45) is 11.7 Å².